The SMILES string of the molecule is CC(C)C(NC(=O)c1ccc(Br)cc1F)C(N)=NO. The first-order valence-electron chi connectivity index (χ1n) is 5.60. The molecule has 0 heterocycles. The van der Waals surface area contributed by atoms with Gasteiger partial charge in [-0.3, -0.25) is 4.79 Å². The van der Waals surface area contributed by atoms with Gasteiger partial charge in [-0.05, 0) is 24.1 Å². The van der Waals surface area contributed by atoms with Gasteiger partial charge in [0.1, 0.15) is 5.82 Å². The minimum absolute atomic E-state index is 0.0976. The van der Waals surface area contributed by atoms with Gasteiger partial charge in [-0.2, -0.15) is 0 Å². The normalized spacial score (nSPS) is 13.4. The van der Waals surface area contributed by atoms with E-state index in [1.54, 1.807) is 19.9 Å². The maximum atomic E-state index is 13.6. The van der Waals surface area contributed by atoms with E-state index in [1.165, 1.54) is 12.1 Å². The van der Waals surface area contributed by atoms with Gasteiger partial charge in [-0.25, -0.2) is 4.39 Å². The van der Waals surface area contributed by atoms with E-state index < -0.39 is 17.8 Å². The summed E-state index contributed by atoms with van der Waals surface area (Å²) in [4.78, 5) is 12.0. The summed E-state index contributed by atoms with van der Waals surface area (Å²) in [5.41, 5.74) is 5.39. The van der Waals surface area contributed by atoms with Crippen LogP contribution < -0.4 is 11.1 Å². The Morgan fingerprint density at radius 2 is 2.16 bits per heavy atom. The maximum Gasteiger partial charge on any atom is 0.254 e. The number of benzene rings is 1. The molecule has 1 rings (SSSR count). The Morgan fingerprint density at radius 3 is 2.63 bits per heavy atom. The molecule has 104 valence electrons. The van der Waals surface area contributed by atoms with Gasteiger partial charge < -0.3 is 16.3 Å². The summed E-state index contributed by atoms with van der Waals surface area (Å²) in [6.07, 6.45) is 0. The number of nitrogens with two attached hydrogens (primary N) is 1. The van der Waals surface area contributed by atoms with E-state index in [9.17, 15) is 9.18 Å². The van der Waals surface area contributed by atoms with Crippen molar-refractivity contribution in [2.24, 2.45) is 16.8 Å². The third kappa shape index (κ3) is 3.92. The zero-order chi connectivity index (χ0) is 14.6. The summed E-state index contributed by atoms with van der Waals surface area (Å²) < 4.78 is 14.2. The number of nitrogens with one attached hydrogen (secondary N) is 1. The van der Waals surface area contributed by atoms with Crippen molar-refractivity contribution in [2.45, 2.75) is 19.9 Å². The van der Waals surface area contributed by atoms with E-state index in [1.807, 2.05) is 0 Å². The van der Waals surface area contributed by atoms with Crippen LogP contribution in [0, 0.1) is 11.7 Å². The van der Waals surface area contributed by atoms with Crippen LogP contribution in [0.5, 0.6) is 0 Å². The highest BCUT2D eigenvalue weighted by molar-refractivity contribution is 9.10. The quantitative estimate of drug-likeness (QED) is 0.341. The molecule has 0 aromatic heterocycles. The molecule has 1 unspecified atom stereocenters. The van der Waals surface area contributed by atoms with Crippen molar-refractivity contribution < 1.29 is 14.4 Å². The molecule has 1 amide bonds. The van der Waals surface area contributed by atoms with E-state index in [0.717, 1.165) is 0 Å². The van der Waals surface area contributed by atoms with E-state index in [0.29, 0.717) is 4.47 Å². The molecular weight excluding hydrogens is 317 g/mol. The topological polar surface area (TPSA) is 87.7 Å². The van der Waals surface area contributed by atoms with Crippen LogP contribution in [0.4, 0.5) is 4.39 Å². The first kappa shape index (κ1) is 15.4. The van der Waals surface area contributed by atoms with Crippen LogP contribution in [0.1, 0.15) is 24.2 Å². The average molecular weight is 332 g/mol. The lowest BCUT2D eigenvalue weighted by Crippen LogP contribution is -2.48. The molecule has 5 nitrogen and oxygen atoms in total. The number of amidine groups is 1. The van der Waals surface area contributed by atoms with Crippen LogP contribution in [0.3, 0.4) is 0 Å². The van der Waals surface area contributed by atoms with Crippen LogP contribution in [-0.2, 0) is 0 Å². The minimum Gasteiger partial charge on any atom is -0.409 e. The number of carbonyl (C=O) groups excluding carboxylic acids is 1. The standard InChI is InChI=1S/C12H15BrFN3O2/c1-6(2)10(11(15)17-19)16-12(18)8-4-3-7(13)5-9(8)14/h3-6,10,19H,1-2H3,(H2,15,17)(H,16,18). The second kappa shape index (κ2) is 6.51. The smallest absolute Gasteiger partial charge is 0.254 e. The van der Waals surface area contributed by atoms with E-state index >= 15 is 0 Å². The average Bonchev–Trinajstić information content (AvgIpc) is 2.34. The third-order valence-corrected chi connectivity index (χ3v) is 3.06. The molecule has 0 fully saturated rings. The van der Waals surface area contributed by atoms with Gasteiger partial charge in [0.05, 0.1) is 11.6 Å². The summed E-state index contributed by atoms with van der Waals surface area (Å²) in [5, 5.41) is 14.1. The fourth-order valence-electron chi connectivity index (χ4n) is 1.54. The number of carbonyl (C=O) groups is 1. The monoisotopic (exact) mass is 331 g/mol. The number of hydrogen-bond acceptors (Lipinski definition) is 3. The van der Waals surface area contributed by atoms with E-state index in [-0.39, 0.29) is 17.3 Å². The van der Waals surface area contributed by atoms with Crippen LogP contribution in [0.25, 0.3) is 0 Å². The van der Waals surface area contributed by atoms with Gasteiger partial charge in [-0.1, -0.05) is 34.9 Å². The largest absolute Gasteiger partial charge is 0.409 e. The van der Waals surface area contributed by atoms with E-state index in [4.69, 9.17) is 10.9 Å². The molecule has 7 heteroatoms. The van der Waals surface area contributed by atoms with Gasteiger partial charge in [-0.15, -0.1) is 0 Å². The van der Waals surface area contributed by atoms with Crippen molar-refractivity contribution in [1.29, 1.82) is 0 Å². The fraction of sp³-hybridized carbons (Fsp3) is 0.333. The summed E-state index contributed by atoms with van der Waals surface area (Å²) >= 11 is 3.11. The van der Waals surface area contributed by atoms with Crippen LogP contribution in [0.2, 0.25) is 0 Å². The fourth-order valence-corrected chi connectivity index (χ4v) is 1.87. The Bertz CT molecular complexity index is 506. The molecule has 0 aliphatic carbocycles. The van der Waals surface area contributed by atoms with Crippen LogP contribution in [0.15, 0.2) is 27.8 Å². The Morgan fingerprint density at radius 1 is 1.53 bits per heavy atom. The van der Waals surface area contributed by atoms with Gasteiger partial charge in [0.15, 0.2) is 5.84 Å². The highest BCUT2D eigenvalue weighted by atomic mass is 79.9. The van der Waals surface area contributed by atoms with E-state index in [2.05, 4.69) is 26.4 Å². The zero-order valence-corrected chi connectivity index (χ0v) is 12.1. The Balaban J connectivity index is 2.94. The Hall–Kier alpha value is -1.63. The molecule has 0 bridgehead atoms. The minimum atomic E-state index is -0.666. The predicted molar refractivity (Wildman–Crippen MR) is 73.6 cm³/mol. The number of hydrogen-bond donors (Lipinski definition) is 3. The molecule has 19 heavy (non-hydrogen) atoms. The van der Waals surface area contributed by atoms with Crippen LogP contribution in [-0.4, -0.2) is 23.0 Å². The molecule has 0 saturated heterocycles. The number of rotatable bonds is 4. The first-order valence-corrected chi connectivity index (χ1v) is 6.39. The van der Waals surface area contributed by atoms with Crippen molar-refractivity contribution in [3.05, 3.63) is 34.1 Å². The predicted octanol–water partition coefficient (Wildman–Crippen LogP) is 2.09. The van der Waals surface area contributed by atoms with Crippen molar-refractivity contribution in [3.8, 4) is 0 Å². The third-order valence-electron chi connectivity index (χ3n) is 2.56. The van der Waals surface area contributed by atoms with Crippen molar-refractivity contribution in [3.63, 3.8) is 0 Å². The Labute approximate surface area is 118 Å². The molecular formula is C12H15BrFN3O2. The molecule has 0 aliphatic rings. The summed E-state index contributed by atoms with van der Waals surface area (Å²) in [6.45, 7) is 3.59. The van der Waals surface area contributed by atoms with Gasteiger partial charge in [0.25, 0.3) is 5.91 Å². The van der Waals surface area contributed by atoms with Gasteiger partial charge in [0.2, 0.25) is 0 Å². The highest BCUT2D eigenvalue weighted by Gasteiger charge is 2.22. The van der Waals surface area contributed by atoms with Crippen molar-refractivity contribution in [1.82, 2.24) is 5.32 Å². The van der Waals surface area contributed by atoms with Gasteiger partial charge >= 0.3 is 0 Å². The number of nitrogens with zero attached hydrogens (tertiary/aromatic N) is 1. The summed E-state index contributed by atoms with van der Waals surface area (Å²) in [6, 6.07) is 3.45. The Kier molecular flexibility index (Phi) is 5.29. The lowest BCUT2D eigenvalue weighted by atomic mass is 10.0. The molecule has 0 saturated carbocycles. The maximum absolute atomic E-state index is 13.6. The lowest BCUT2D eigenvalue weighted by Gasteiger charge is -2.21. The molecule has 4 N–H and O–H groups in total. The first-order chi connectivity index (χ1) is 8.86. The molecule has 1 atom stereocenters. The second-order valence-corrected chi connectivity index (χ2v) is 5.26. The summed E-state index contributed by atoms with van der Waals surface area (Å²) in [5.74, 6) is -1.48. The molecule has 0 spiro atoms. The second-order valence-electron chi connectivity index (χ2n) is 4.34. The summed E-state index contributed by atoms with van der Waals surface area (Å²) in [7, 11) is 0. The molecule has 1 aromatic carbocycles. The number of halogens is 2. The molecule has 0 radical (unpaired) electrons. The highest BCUT2D eigenvalue weighted by Crippen LogP contribution is 2.15. The van der Waals surface area contributed by atoms with Crippen LogP contribution >= 0.6 is 15.9 Å². The number of amides is 1. The van der Waals surface area contributed by atoms with Crippen molar-refractivity contribution >= 4 is 27.7 Å². The molecule has 0 aliphatic heterocycles. The lowest BCUT2D eigenvalue weighted by molar-refractivity contribution is 0.0934. The zero-order valence-electron chi connectivity index (χ0n) is 10.5. The molecule has 1 aromatic rings. The van der Waals surface area contributed by atoms with Gasteiger partial charge in [0, 0.05) is 4.47 Å². The van der Waals surface area contributed by atoms with Crippen molar-refractivity contribution in [2.75, 3.05) is 0 Å². The number of oxime groups is 1.